The molecule has 0 aliphatic carbocycles. The standard InChI is InChI=1S/C13H15BrN2O2S2/c1-8-5-10(15)6-13(9(8)2)20(17,18)16-7-12-11(14)3-4-19-12/h3-6,16H,7,15H2,1-2H3. The van der Waals surface area contributed by atoms with Gasteiger partial charge in [-0.15, -0.1) is 11.3 Å². The molecule has 0 unspecified atom stereocenters. The van der Waals surface area contributed by atoms with Gasteiger partial charge in [0.15, 0.2) is 0 Å². The number of benzene rings is 1. The van der Waals surface area contributed by atoms with E-state index in [1.165, 1.54) is 17.4 Å². The van der Waals surface area contributed by atoms with Crippen LogP contribution in [-0.4, -0.2) is 8.42 Å². The first kappa shape index (κ1) is 15.5. The van der Waals surface area contributed by atoms with Gasteiger partial charge in [0.2, 0.25) is 10.0 Å². The number of thiophene rings is 1. The molecular formula is C13H15BrN2O2S2. The summed E-state index contributed by atoms with van der Waals surface area (Å²) < 4.78 is 28.3. The average molecular weight is 375 g/mol. The zero-order valence-electron chi connectivity index (χ0n) is 11.1. The smallest absolute Gasteiger partial charge is 0.241 e. The summed E-state index contributed by atoms with van der Waals surface area (Å²) in [6.45, 7) is 3.89. The van der Waals surface area contributed by atoms with Crippen molar-refractivity contribution in [1.29, 1.82) is 0 Å². The number of hydrogen-bond donors (Lipinski definition) is 2. The van der Waals surface area contributed by atoms with Crippen molar-refractivity contribution in [2.24, 2.45) is 0 Å². The van der Waals surface area contributed by atoms with Crippen molar-refractivity contribution in [3.63, 3.8) is 0 Å². The number of anilines is 1. The van der Waals surface area contributed by atoms with Crippen LogP contribution in [0.3, 0.4) is 0 Å². The predicted molar refractivity (Wildman–Crippen MR) is 86.4 cm³/mol. The lowest BCUT2D eigenvalue weighted by Crippen LogP contribution is -2.24. The minimum atomic E-state index is -3.57. The van der Waals surface area contributed by atoms with Crippen LogP contribution in [0, 0.1) is 13.8 Å². The minimum absolute atomic E-state index is 0.239. The number of nitrogens with one attached hydrogen (secondary N) is 1. The Balaban J connectivity index is 2.29. The fourth-order valence-electron chi connectivity index (χ4n) is 1.82. The molecule has 1 heterocycles. The molecule has 0 atom stereocenters. The second kappa shape index (κ2) is 5.85. The third-order valence-corrected chi connectivity index (χ3v) is 6.50. The van der Waals surface area contributed by atoms with E-state index in [-0.39, 0.29) is 11.4 Å². The van der Waals surface area contributed by atoms with E-state index in [2.05, 4.69) is 20.7 Å². The van der Waals surface area contributed by atoms with Gasteiger partial charge in [-0.2, -0.15) is 0 Å². The van der Waals surface area contributed by atoms with Crippen molar-refractivity contribution in [1.82, 2.24) is 4.72 Å². The van der Waals surface area contributed by atoms with Gasteiger partial charge in [-0.05, 0) is 64.5 Å². The Morgan fingerprint density at radius 2 is 2.05 bits per heavy atom. The maximum Gasteiger partial charge on any atom is 0.241 e. The molecule has 2 rings (SSSR count). The summed E-state index contributed by atoms with van der Waals surface area (Å²) in [5.41, 5.74) is 7.77. The summed E-state index contributed by atoms with van der Waals surface area (Å²) in [6.07, 6.45) is 0. The topological polar surface area (TPSA) is 72.2 Å². The van der Waals surface area contributed by atoms with Crippen molar-refractivity contribution < 1.29 is 8.42 Å². The maximum atomic E-state index is 12.4. The molecular weight excluding hydrogens is 360 g/mol. The van der Waals surface area contributed by atoms with E-state index in [1.54, 1.807) is 13.0 Å². The third kappa shape index (κ3) is 3.22. The zero-order valence-corrected chi connectivity index (χ0v) is 14.3. The Hall–Kier alpha value is -0.890. The number of rotatable bonds is 4. The summed E-state index contributed by atoms with van der Waals surface area (Å²) in [5, 5.41) is 1.91. The van der Waals surface area contributed by atoms with Gasteiger partial charge >= 0.3 is 0 Å². The van der Waals surface area contributed by atoms with Gasteiger partial charge in [0.1, 0.15) is 0 Å². The molecule has 0 aliphatic heterocycles. The number of nitrogens with two attached hydrogens (primary N) is 1. The van der Waals surface area contributed by atoms with Crippen LogP contribution in [0.5, 0.6) is 0 Å². The van der Waals surface area contributed by atoms with Crippen LogP contribution < -0.4 is 10.5 Å². The maximum absolute atomic E-state index is 12.4. The number of nitrogen functional groups attached to an aromatic ring is 1. The monoisotopic (exact) mass is 374 g/mol. The summed E-state index contributed by atoms with van der Waals surface area (Å²) in [6, 6.07) is 5.16. The summed E-state index contributed by atoms with van der Waals surface area (Å²) in [4.78, 5) is 1.18. The molecule has 0 aliphatic rings. The lowest BCUT2D eigenvalue weighted by atomic mass is 10.1. The molecule has 0 spiro atoms. The van der Waals surface area contributed by atoms with Gasteiger partial charge < -0.3 is 5.73 Å². The van der Waals surface area contributed by atoms with Crippen LogP contribution in [0.4, 0.5) is 5.69 Å². The molecule has 4 nitrogen and oxygen atoms in total. The van der Waals surface area contributed by atoms with E-state index in [0.29, 0.717) is 5.69 Å². The molecule has 0 bridgehead atoms. The molecule has 2 aromatic rings. The predicted octanol–water partition coefficient (Wildman–Crippen LogP) is 3.19. The van der Waals surface area contributed by atoms with E-state index < -0.39 is 10.0 Å². The molecule has 7 heteroatoms. The van der Waals surface area contributed by atoms with Crippen molar-refractivity contribution in [2.45, 2.75) is 25.3 Å². The lowest BCUT2D eigenvalue weighted by molar-refractivity contribution is 0.581. The van der Waals surface area contributed by atoms with Crippen LogP contribution in [0.25, 0.3) is 0 Å². The Morgan fingerprint density at radius 1 is 1.35 bits per heavy atom. The Morgan fingerprint density at radius 3 is 2.65 bits per heavy atom. The number of sulfonamides is 1. The van der Waals surface area contributed by atoms with Crippen LogP contribution in [-0.2, 0) is 16.6 Å². The third-order valence-electron chi connectivity index (χ3n) is 3.05. The molecule has 108 valence electrons. The Kier molecular flexibility index (Phi) is 4.53. The molecule has 0 amide bonds. The molecule has 0 saturated carbocycles. The van der Waals surface area contributed by atoms with Crippen LogP contribution >= 0.6 is 27.3 Å². The van der Waals surface area contributed by atoms with Gasteiger partial charge in [-0.3, -0.25) is 0 Å². The normalized spacial score (nSPS) is 11.8. The molecule has 3 N–H and O–H groups in total. The number of aryl methyl sites for hydroxylation is 1. The first-order chi connectivity index (χ1) is 9.31. The largest absolute Gasteiger partial charge is 0.399 e. The molecule has 20 heavy (non-hydrogen) atoms. The van der Waals surface area contributed by atoms with Gasteiger partial charge in [0.05, 0.1) is 4.90 Å². The van der Waals surface area contributed by atoms with E-state index in [9.17, 15) is 8.42 Å². The fraction of sp³-hybridized carbons (Fsp3) is 0.231. The quantitative estimate of drug-likeness (QED) is 0.807. The highest BCUT2D eigenvalue weighted by Gasteiger charge is 2.19. The SMILES string of the molecule is Cc1cc(N)cc(S(=O)(=O)NCc2sccc2Br)c1C. The van der Waals surface area contributed by atoms with Crippen LogP contribution in [0.2, 0.25) is 0 Å². The van der Waals surface area contributed by atoms with Crippen molar-refractivity contribution >= 4 is 43.0 Å². The highest BCUT2D eigenvalue weighted by Crippen LogP contribution is 2.25. The molecule has 1 aromatic carbocycles. The van der Waals surface area contributed by atoms with Gasteiger partial charge in [-0.1, -0.05) is 0 Å². The average Bonchev–Trinajstić information content (AvgIpc) is 2.77. The van der Waals surface area contributed by atoms with Crippen LogP contribution in [0.1, 0.15) is 16.0 Å². The second-order valence-corrected chi connectivity index (χ2v) is 8.07. The second-order valence-electron chi connectivity index (χ2n) is 4.48. The molecule has 0 radical (unpaired) electrons. The van der Waals surface area contributed by atoms with Crippen molar-refractivity contribution in [3.8, 4) is 0 Å². The van der Waals surface area contributed by atoms with Crippen molar-refractivity contribution in [2.75, 3.05) is 5.73 Å². The Bertz CT molecular complexity index is 739. The van der Waals surface area contributed by atoms with E-state index in [4.69, 9.17) is 5.73 Å². The first-order valence-electron chi connectivity index (χ1n) is 5.89. The Labute approximate surface area is 131 Å². The molecule has 1 aromatic heterocycles. The lowest BCUT2D eigenvalue weighted by Gasteiger charge is -2.12. The van der Waals surface area contributed by atoms with Crippen LogP contribution in [0.15, 0.2) is 32.9 Å². The molecule has 0 fully saturated rings. The zero-order chi connectivity index (χ0) is 14.9. The van der Waals surface area contributed by atoms with Gasteiger partial charge in [-0.25, -0.2) is 13.1 Å². The minimum Gasteiger partial charge on any atom is -0.399 e. The van der Waals surface area contributed by atoms with E-state index in [0.717, 1.165) is 20.5 Å². The van der Waals surface area contributed by atoms with E-state index >= 15 is 0 Å². The summed E-state index contributed by atoms with van der Waals surface area (Å²) in [5.74, 6) is 0. The number of halogens is 1. The number of hydrogen-bond acceptors (Lipinski definition) is 4. The molecule has 0 saturated heterocycles. The summed E-state index contributed by atoms with van der Waals surface area (Å²) >= 11 is 4.88. The highest BCUT2D eigenvalue weighted by molar-refractivity contribution is 9.10. The highest BCUT2D eigenvalue weighted by atomic mass is 79.9. The van der Waals surface area contributed by atoms with E-state index in [1.807, 2.05) is 18.4 Å². The van der Waals surface area contributed by atoms with Gasteiger partial charge in [0.25, 0.3) is 0 Å². The van der Waals surface area contributed by atoms with Gasteiger partial charge in [0, 0.05) is 21.6 Å². The summed E-state index contributed by atoms with van der Waals surface area (Å²) in [7, 11) is -3.57. The first-order valence-corrected chi connectivity index (χ1v) is 9.05. The fourth-order valence-corrected chi connectivity index (χ4v) is 4.69. The van der Waals surface area contributed by atoms with Crippen molar-refractivity contribution in [3.05, 3.63) is 44.1 Å².